The van der Waals surface area contributed by atoms with Crippen molar-refractivity contribution in [3.8, 4) is 5.75 Å². The zero-order chi connectivity index (χ0) is 21.2. The summed E-state index contributed by atoms with van der Waals surface area (Å²) >= 11 is 0.727. The highest BCUT2D eigenvalue weighted by atomic mass is 32.1. The predicted molar refractivity (Wildman–Crippen MR) is 104 cm³/mol. The third-order valence-corrected chi connectivity index (χ3v) is 5.72. The lowest BCUT2D eigenvalue weighted by Crippen LogP contribution is -2.46. The van der Waals surface area contributed by atoms with Gasteiger partial charge in [0.1, 0.15) is 10.8 Å². The molecule has 0 aliphatic rings. The number of para-hydroxylation sites is 1. The SMILES string of the molecule is COc1ccc(CN(C)C(=O)CC(O)(c2nc3ccccc3s2)C(F)(F)F)cc1. The lowest BCUT2D eigenvalue weighted by atomic mass is 9.98. The number of alkyl halides is 3. The number of benzene rings is 2. The molecular formula is C20H19F3N2O3S. The molecule has 2 aromatic carbocycles. The van der Waals surface area contributed by atoms with Gasteiger partial charge in [-0.1, -0.05) is 24.3 Å². The van der Waals surface area contributed by atoms with E-state index in [9.17, 15) is 23.1 Å². The Labute approximate surface area is 169 Å². The molecule has 1 N–H and O–H groups in total. The summed E-state index contributed by atoms with van der Waals surface area (Å²) in [5, 5.41) is 9.99. The average molecular weight is 424 g/mol. The molecule has 1 amide bonds. The minimum Gasteiger partial charge on any atom is -0.497 e. The van der Waals surface area contributed by atoms with Gasteiger partial charge >= 0.3 is 6.18 Å². The van der Waals surface area contributed by atoms with E-state index in [1.165, 1.54) is 14.2 Å². The van der Waals surface area contributed by atoms with E-state index in [2.05, 4.69) is 4.98 Å². The molecule has 29 heavy (non-hydrogen) atoms. The summed E-state index contributed by atoms with van der Waals surface area (Å²) < 4.78 is 46.9. The Bertz CT molecular complexity index is 971. The molecule has 154 valence electrons. The lowest BCUT2D eigenvalue weighted by molar-refractivity contribution is -0.268. The van der Waals surface area contributed by atoms with Crippen LogP contribution in [0.1, 0.15) is 17.0 Å². The van der Waals surface area contributed by atoms with Gasteiger partial charge in [0.2, 0.25) is 11.5 Å². The summed E-state index contributed by atoms with van der Waals surface area (Å²) in [6, 6.07) is 13.3. The molecule has 1 unspecified atom stereocenters. The number of hydrogen-bond donors (Lipinski definition) is 1. The number of carbonyl (C=O) groups excluding carboxylic acids is 1. The summed E-state index contributed by atoms with van der Waals surface area (Å²) in [7, 11) is 2.91. The number of nitrogens with zero attached hydrogens (tertiary/aromatic N) is 2. The second-order valence-corrected chi connectivity index (χ2v) is 7.65. The van der Waals surface area contributed by atoms with Crippen LogP contribution < -0.4 is 4.74 Å². The van der Waals surface area contributed by atoms with E-state index in [-0.39, 0.29) is 6.54 Å². The van der Waals surface area contributed by atoms with Crippen LogP contribution in [0.25, 0.3) is 10.2 Å². The minimum absolute atomic E-state index is 0.0939. The summed E-state index contributed by atoms with van der Waals surface area (Å²) in [6.45, 7) is 0.0939. The molecule has 0 fully saturated rings. The number of hydrogen-bond acceptors (Lipinski definition) is 5. The fourth-order valence-electron chi connectivity index (χ4n) is 2.79. The standard InChI is InChI=1S/C20H19F3N2O3S/c1-25(12-13-7-9-14(28-2)10-8-13)17(26)11-19(27,20(21,22)23)18-24-15-5-3-4-6-16(15)29-18/h3-10,27H,11-12H2,1-2H3. The van der Waals surface area contributed by atoms with Crippen molar-refractivity contribution < 1.29 is 27.8 Å². The van der Waals surface area contributed by atoms with Gasteiger partial charge in [-0.25, -0.2) is 4.98 Å². The molecule has 1 aromatic heterocycles. The van der Waals surface area contributed by atoms with Crippen LogP contribution in [0.2, 0.25) is 0 Å². The highest BCUT2D eigenvalue weighted by Crippen LogP contribution is 2.44. The van der Waals surface area contributed by atoms with Crippen molar-refractivity contribution in [2.24, 2.45) is 0 Å². The van der Waals surface area contributed by atoms with Gasteiger partial charge in [-0.15, -0.1) is 11.3 Å². The summed E-state index contributed by atoms with van der Waals surface area (Å²) in [5.41, 5.74) is -2.30. The van der Waals surface area contributed by atoms with Crippen molar-refractivity contribution >= 4 is 27.5 Å². The van der Waals surface area contributed by atoms with Gasteiger partial charge in [-0.05, 0) is 29.8 Å². The largest absolute Gasteiger partial charge is 0.497 e. The van der Waals surface area contributed by atoms with Crippen LogP contribution in [0.5, 0.6) is 5.75 Å². The number of aliphatic hydroxyl groups is 1. The van der Waals surface area contributed by atoms with Crippen LogP contribution in [0.15, 0.2) is 48.5 Å². The van der Waals surface area contributed by atoms with Crippen molar-refractivity contribution in [1.82, 2.24) is 9.88 Å². The highest BCUT2D eigenvalue weighted by Gasteiger charge is 2.58. The Kier molecular flexibility index (Phi) is 5.81. The topological polar surface area (TPSA) is 62.7 Å². The number of halogens is 3. The maximum atomic E-state index is 13.8. The fraction of sp³-hybridized carbons (Fsp3) is 0.300. The zero-order valence-corrected chi connectivity index (χ0v) is 16.5. The lowest BCUT2D eigenvalue weighted by Gasteiger charge is -2.29. The van der Waals surface area contributed by atoms with E-state index >= 15 is 0 Å². The highest BCUT2D eigenvalue weighted by molar-refractivity contribution is 7.18. The van der Waals surface area contributed by atoms with Gasteiger partial charge in [-0.3, -0.25) is 4.79 Å². The van der Waals surface area contributed by atoms with E-state index in [0.29, 0.717) is 16.0 Å². The smallest absolute Gasteiger partial charge is 0.424 e. The van der Waals surface area contributed by atoms with Crippen molar-refractivity contribution in [3.63, 3.8) is 0 Å². The minimum atomic E-state index is -5.06. The molecular weight excluding hydrogens is 405 g/mol. The normalized spacial score (nSPS) is 13.9. The summed E-state index contributed by atoms with van der Waals surface area (Å²) in [4.78, 5) is 17.6. The van der Waals surface area contributed by atoms with Gasteiger partial charge < -0.3 is 14.7 Å². The molecule has 3 rings (SSSR count). The molecule has 1 atom stereocenters. The van der Waals surface area contributed by atoms with Gasteiger partial charge in [0.25, 0.3) is 0 Å². The van der Waals surface area contributed by atoms with Crippen molar-refractivity contribution in [1.29, 1.82) is 0 Å². The quantitative estimate of drug-likeness (QED) is 0.647. The fourth-order valence-corrected chi connectivity index (χ4v) is 3.87. The number of thiazole rings is 1. The van der Waals surface area contributed by atoms with Gasteiger partial charge in [0.05, 0.1) is 23.7 Å². The Morgan fingerprint density at radius 3 is 2.41 bits per heavy atom. The molecule has 0 saturated heterocycles. The zero-order valence-electron chi connectivity index (χ0n) is 15.7. The Balaban J connectivity index is 1.82. The molecule has 0 aliphatic heterocycles. The predicted octanol–water partition coefficient (Wildman–Crippen LogP) is 4.10. The molecule has 1 heterocycles. The molecule has 0 aliphatic carbocycles. The van der Waals surface area contributed by atoms with Gasteiger partial charge in [0.15, 0.2) is 0 Å². The van der Waals surface area contributed by atoms with Gasteiger partial charge in [0, 0.05) is 13.6 Å². The monoisotopic (exact) mass is 424 g/mol. The van der Waals surface area contributed by atoms with Crippen LogP contribution in [-0.2, 0) is 16.9 Å². The van der Waals surface area contributed by atoms with Crippen molar-refractivity contribution in [3.05, 3.63) is 59.1 Å². The second kappa shape index (κ2) is 8.00. The number of methoxy groups -OCH3 is 1. The third-order valence-electron chi connectivity index (χ3n) is 4.53. The van der Waals surface area contributed by atoms with E-state index < -0.39 is 29.1 Å². The average Bonchev–Trinajstić information content (AvgIpc) is 3.12. The molecule has 0 spiro atoms. The van der Waals surface area contributed by atoms with E-state index in [4.69, 9.17) is 4.74 Å². The van der Waals surface area contributed by atoms with Crippen LogP contribution in [0.3, 0.4) is 0 Å². The maximum Gasteiger partial charge on any atom is 0.424 e. The number of rotatable bonds is 6. The van der Waals surface area contributed by atoms with Crippen LogP contribution in [0.4, 0.5) is 13.2 Å². The maximum absolute atomic E-state index is 13.8. The number of fused-ring (bicyclic) bond motifs is 1. The van der Waals surface area contributed by atoms with E-state index in [1.807, 2.05) is 0 Å². The molecule has 3 aromatic rings. The third kappa shape index (κ3) is 4.35. The first-order valence-corrected chi connectivity index (χ1v) is 9.48. The van der Waals surface area contributed by atoms with E-state index in [1.54, 1.807) is 48.5 Å². The first-order valence-electron chi connectivity index (χ1n) is 8.66. The first kappa shape index (κ1) is 21.1. The van der Waals surface area contributed by atoms with Crippen molar-refractivity contribution in [2.45, 2.75) is 24.7 Å². The Hall–Kier alpha value is -2.65. The van der Waals surface area contributed by atoms with Crippen LogP contribution >= 0.6 is 11.3 Å². The number of aromatic nitrogens is 1. The summed E-state index contributed by atoms with van der Waals surface area (Å²) in [5.74, 6) is -0.218. The van der Waals surface area contributed by atoms with Crippen LogP contribution in [-0.4, -0.2) is 41.2 Å². The molecule has 5 nitrogen and oxygen atoms in total. The first-order chi connectivity index (χ1) is 13.6. The number of amides is 1. The Morgan fingerprint density at radius 1 is 1.17 bits per heavy atom. The Morgan fingerprint density at radius 2 is 1.83 bits per heavy atom. The molecule has 0 radical (unpaired) electrons. The van der Waals surface area contributed by atoms with Crippen LogP contribution in [0, 0.1) is 0 Å². The molecule has 0 saturated carbocycles. The van der Waals surface area contributed by atoms with Gasteiger partial charge in [-0.2, -0.15) is 13.2 Å². The summed E-state index contributed by atoms with van der Waals surface area (Å²) in [6.07, 6.45) is -6.21. The van der Waals surface area contributed by atoms with Crippen molar-refractivity contribution in [2.75, 3.05) is 14.2 Å². The number of carbonyl (C=O) groups is 1. The molecule has 9 heteroatoms. The second-order valence-electron chi connectivity index (χ2n) is 6.62. The molecule has 0 bridgehead atoms. The number of ether oxygens (including phenoxy) is 1. The van der Waals surface area contributed by atoms with E-state index in [0.717, 1.165) is 21.8 Å².